The molecule has 0 aliphatic rings. The van der Waals surface area contributed by atoms with Gasteiger partial charge in [-0.1, -0.05) is 22.8 Å². The van der Waals surface area contributed by atoms with Gasteiger partial charge in [-0.15, -0.1) is 0 Å². The molecule has 1 unspecified atom stereocenters. The van der Waals surface area contributed by atoms with Gasteiger partial charge in [0.2, 0.25) is 5.88 Å². The van der Waals surface area contributed by atoms with Gasteiger partial charge in [0.05, 0.1) is 7.11 Å². The molecule has 1 N–H and O–H groups in total. The molecule has 0 saturated carbocycles. The van der Waals surface area contributed by atoms with E-state index < -0.39 is 10.7 Å². The molecule has 6 heteroatoms. The van der Waals surface area contributed by atoms with Gasteiger partial charge in [0.25, 0.3) is 0 Å². The van der Waals surface area contributed by atoms with Crippen LogP contribution >= 0.6 is 0 Å². The standard InChI is InChI=1S/C17H17N3O2S/c1-21-17-16-14(7-9-20-17)15(8-10-19-16)22-11-12-3-5-13(6-4-12)23(2)18/h3-10,18H,11H2,1-2H3. The molecule has 0 aliphatic heterocycles. The Balaban J connectivity index is 1.83. The van der Waals surface area contributed by atoms with Crippen molar-refractivity contribution in [1.82, 2.24) is 9.97 Å². The van der Waals surface area contributed by atoms with Crippen molar-refractivity contribution in [3.63, 3.8) is 0 Å². The molecule has 1 aromatic carbocycles. The molecule has 118 valence electrons. The van der Waals surface area contributed by atoms with Gasteiger partial charge >= 0.3 is 0 Å². The molecular weight excluding hydrogens is 310 g/mol. The van der Waals surface area contributed by atoms with Gasteiger partial charge < -0.3 is 9.47 Å². The number of hydrogen-bond acceptors (Lipinski definition) is 5. The van der Waals surface area contributed by atoms with Crippen LogP contribution in [0.25, 0.3) is 10.9 Å². The van der Waals surface area contributed by atoms with Crippen LogP contribution in [-0.2, 0) is 17.3 Å². The number of nitrogens with zero attached hydrogens (tertiary/aromatic N) is 2. The average Bonchev–Trinajstić information content (AvgIpc) is 2.59. The van der Waals surface area contributed by atoms with Crippen molar-refractivity contribution in [2.75, 3.05) is 13.4 Å². The summed E-state index contributed by atoms with van der Waals surface area (Å²) in [4.78, 5) is 9.49. The molecule has 0 bridgehead atoms. The second kappa shape index (κ2) is 6.75. The first kappa shape index (κ1) is 15.4. The van der Waals surface area contributed by atoms with Gasteiger partial charge in [0.15, 0.2) is 0 Å². The molecule has 5 nitrogen and oxygen atoms in total. The lowest BCUT2D eigenvalue weighted by Crippen LogP contribution is -1.98. The normalized spacial score (nSPS) is 12.1. The quantitative estimate of drug-likeness (QED) is 0.777. The zero-order valence-electron chi connectivity index (χ0n) is 12.9. The van der Waals surface area contributed by atoms with Crippen LogP contribution in [0.1, 0.15) is 5.56 Å². The first-order valence-corrected chi connectivity index (χ1v) is 8.69. The Labute approximate surface area is 137 Å². The maximum absolute atomic E-state index is 7.73. The monoisotopic (exact) mass is 327 g/mol. The van der Waals surface area contributed by atoms with Gasteiger partial charge in [-0.3, -0.25) is 9.76 Å². The number of hydrogen-bond donors (Lipinski definition) is 1. The van der Waals surface area contributed by atoms with Crippen LogP contribution in [0.3, 0.4) is 0 Å². The van der Waals surface area contributed by atoms with E-state index in [-0.39, 0.29) is 0 Å². The summed E-state index contributed by atoms with van der Waals surface area (Å²) in [6, 6.07) is 11.7. The zero-order valence-corrected chi connectivity index (χ0v) is 13.8. The molecule has 0 amide bonds. The van der Waals surface area contributed by atoms with Crippen LogP contribution in [0.15, 0.2) is 53.7 Å². The van der Waals surface area contributed by atoms with Gasteiger partial charge in [-0.25, -0.2) is 4.98 Å². The summed E-state index contributed by atoms with van der Waals surface area (Å²) in [5.74, 6) is 1.23. The highest BCUT2D eigenvalue weighted by Gasteiger charge is 2.09. The highest BCUT2D eigenvalue weighted by Crippen LogP contribution is 2.28. The van der Waals surface area contributed by atoms with E-state index in [0.717, 1.165) is 21.6 Å². The minimum Gasteiger partial charge on any atom is -0.488 e. The summed E-state index contributed by atoms with van der Waals surface area (Å²) >= 11 is 0. The van der Waals surface area contributed by atoms with Gasteiger partial charge in [-0.2, -0.15) is 0 Å². The molecule has 3 rings (SSSR count). The predicted molar refractivity (Wildman–Crippen MR) is 91.1 cm³/mol. The number of rotatable bonds is 5. The van der Waals surface area contributed by atoms with Crippen LogP contribution in [0.4, 0.5) is 0 Å². The van der Waals surface area contributed by atoms with Crippen molar-refractivity contribution < 1.29 is 9.47 Å². The van der Waals surface area contributed by atoms with Crippen molar-refractivity contribution in [3.8, 4) is 11.6 Å². The van der Waals surface area contributed by atoms with Crippen LogP contribution in [0.2, 0.25) is 0 Å². The molecule has 0 fully saturated rings. The third-order valence-electron chi connectivity index (χ3n) is 3.45. The molecule has 2 aromatic heterocycles. The van der Waals surface area contributed by atoms with Crippen LogP contribution in [0.5, 0.6) is 11.6 Å². The van der Waals surface area contributed by atoms with Crippen LogP contribution in [0, 0.1) is 4.78 Å². The summed E-state index contributed by atoms with van der Waals surface area (Å²) in [6.07, 6.45) is 5.25. The Morgan fingerprint density at radius 1 is 1.04 bits per heavy atom. The summed E-state index contributed by atoms with van der Waals surface area (Å²) in [6.45, 7) is 0.458. The van der Waals surface area contributed by atoms with E-state index in [2.05, 4.69) is 9.97 Å². The number of benzene rings is 1. The van der Waals surface area contributed by atoms with Crippen LogP contribution < -0.4 is 9.47 Å². The molecule has 1 atom stereocenters. The molecule has 0 radical (unpaired) electrons. The zero-order chi connectivity index (χ0) is 16.2. The van der Waals surface area contributed by atoms with Crippen molar-refractivity contribution in [2.45, 2.75) is 11.5 Å². The Bertz CT molecular complexity index is 850. The molecule has 23 heavy (non-hydrogen) atoms. The minimum atomic E-state index is -0.469. The lowest BCUT2D eigenvalue weighted by Gasteiger charge is -2.10. The van der Waals surface area contributed by atoms with Gasteiger partial charge in [-0.05, 0) is 36.1 Å². The minimum absolute atomic E-state index is 0.458. The molecule has 0 aliphatic carbocycles. The Hall–Kier alpha value is -2.47. The SMILES string of the molecule is COc1nccc2c(OCc3ccc(S(C)=N)cc3)ccnc12. The van der Waals surface area contributed by atoms with Gasteiger partial charge in [0, 0.05) is 22.7 Å². The fourth-order valence-electron chi connectivity index (χ4n) is 2.25. The number of nitrogens with one attached hydrogen (secondary N) is 1. The summed E-state index contributed by atoms with van der Waals surface area (Å²) < 4.78 is 18.9. The second-order valence-electron chi connectivity index (χ2n) is 4.97. The number of fused-ring (bicyclic) bond motifs is 1. The molecule has 3 aromatic rings. The molecular formula is C17H17N3O2S. The number of methoxy groups -OCH3 is 1. The maximum atomic E-state index is 7.73. The number of aromatic nitrogens is 2. The van der Waals surface area contributed by atoms with Gasteiger partial charge in [0.1, 0.15) is 17.9 Å². The summed E-state index contributed by atoms with van der Waals surface area (Å²) in [5.41, 5.74) is 1.75. The number of ether oxygens (including phenoxy) is 2. The van der Waals surface area contributed by atoms with Crippen molar-refractivity contribution >= 4 is 21.6 Å². The smallest absolute Gasteiger partial charge is 0.240 e. The summed E-state index contributed by atoms with van der Waals surface area (Å²) in [7, 11) is 1.11. The highest BCUT2D eigenvalue weighted by atomic mass is 32.2. The van der Waals surface area contributed by atoms with Crippen LogP contribution in [-0.4, -0.2) is 23.3 Å². The average molecular weight is 327 g/mol. The lowest BCUT2D eigenvalue weighted by atomic mass is 10.2. The molecule has 2 heterocycles. The second-order valence-corrected chi connectivity index (χ2v) is 6.46. The summed E-state index contributed by atoms with van der Waals surface area (Å²) in [5, 5.41) is 0.872. The van der Waals surface area contributed by atoms with E-state index in [1.54, 1.807) is 19.5 Å². The fourth-order valence-corrected chi connectivity index (χ4v) is 2.80. The highest BCUT2D eigenvalue weighted by molar-refractivity contribution is 7.85. The predicted octanol–water partition coefficient (Wildman–Crippen LogP) is 3.59. The lowest BCUT2D eigenvalue weighted by molar-refractivity contribution is 0.309. The topological polar surface area (TPSA) is 68.1 Å². The first-order chi connectivity index (χ1) is 11.2. The molecule has 0 spiro atoms. The Kier molecular flexibility index (Phi) is 4.52. The van der Waals surface area contributed by atoms with E-state index >= 15 is 0 Å². The van der Waals surface area contributed by atoms with E-state index in [1.165, 1.54) is 0 Å². The van der Waals surface area contributed by atoms with E-state index in [0.29, 0.717) is 18.0 Å². The van der Waals surface area contributed by atoms with E-state index in [9.17, 15) is 0 Å². The van der Waals surface area contributed by atoms with E-state index in [4.69, 9.17) is 14.3 Å². The van der Waals surface area contributed by atoms with Crippen molar-refractivity contribution in [2.24, 2.45) is 0 Å². The van der Waals surface area contributed by atoms with Crippen molar-refractivity contribution in [3.05, 3.63) is 54.4 Å². The number of pyridine rings is 2. The molecule has 0 saturated heterocycles. The Morgan fingerprint density at radius 2 is 1.78 bits per heavy atom. The fraction of sp³-hybridized carbons (Fsp3) is 0.176. The third kappa shape index (κ3) is 3.32. The third-order valence-corrected chi connectivity index (χ3v) is 4.43. The first-order valence-electron chi connectivity index (χ1n) is 7.05. The largest absolute Gasteiger partial charge is 0.488 e. The Morgan fingerprint density at radius 3 is 2.48 bits per heavy atom. The van der Waals surface area contributed by atoms with E-state index in [1.807, 2.05) is 42.7 Å². The van der Waals surface area contributed by atoms with Crippen molar-refractivity contribution in [1.29, 1.82) is 4.78 Å². The maximum Gasteiger partial charge on any atom is 0.240 e.